The van der Waals surface area contributed by atoms with Crippen LogP contribution in [0.4, 0.5) is 0 Å². The Morgan fingerprint density at radius 1 is 0.886 bits per heavy atom. The molecular weight excluding hydrogens is 544 g/mol. The number of hydrogen-bond donors (Lipinski definition) is 1. The maximum absolute atomic E-state index is 12.7. The molecule has 4 aliphatic carbocycles. The van der Waals surface area contributed by atoms with Crippen molar-refractivity contribution in [3.63, 3.8) is 0 Å². The summed E-state index contributed by atoms with van der Waals surface area (Å²) in [4.78, 5) is 12.7. The van der Waals surface area contributed by atoms with E-state index >= 15 is 0 Å². The number of unbranched alkanes of at least 4 members (excludes halogenated alkanes) is 16. The summed E-state index contributed by atoms with van der Waals surface area (Å²) in [6, 6.07) is 2.18. The fourth-order valence-electron chi connectivity index (χ4n) is 10.3. The lowest BCUT2D eigenvalue weighted by atomic mass is 9.46. The van der Waals surface area contributed by atoms with Crippen LogP contribution < -0.4 is 0 Å². The third kappa shape index (κ3) is 7.87. The van der Waals surface area contributed by atoms with Gasteiger partial charge in [0.05, 0.1) is 6.26 Å². The van der Waals surface area contributed by atoms with E-state index in [1.165, 1.54) is 102 Å². The summed E-state index contributed by atoms with van der Waals surface area (Å²) >= 11 is 0. The zero-order chi connectivity index (χ0) is 30.9. The molecule has 0 saturated heterocycles. The smallest absolute Gasteiger partial charge is 0.305 e. The molecule has 0 amide bonds. The van der Waals surface area contributed by atoms with Crippen molar-refractivity contribution in [2.75, 3.05) is 6.61 Å². The zero-order valence-corrected chi connectivity index (χ0v) is 28.4. The molecule has 44 heavy (non-hydrogen) atoms. The molecular formula is C40H64O4. The molecule has 4 heteroatoms. The first-order valence-electron chi connectivity index (χ1n) is 19.0. The molecule has 1 aromatic heterocycles. The minimum absolute atomic E-state index is 0.106. The van der Waals surface area contributed by atoms with Crippen LogP contribution in [0.1, 0.15) is 185 Å². The van der Waals surface area contributed by atoms with Crippen LogP contribution in [0, 0.1) is 22.7 Å². The van der Waals surface area contributed by atoms with E-state index in [1.54, 1.807) is 0 Å². The third-order valence-corrected chi connectivity index (χ3v) is 12.7. The maximum atomic E-state index is 12.7. The van der Waals surface area contributed by atoms with Gasteiger partial charge in [0.1, 0.15) is 18.0 Å². The van der Waals surface area contributed by atoms with Crippen molar-refractivity contribution in [3.8, 4) is 0 Å². The summed E-state index contributed by atoms with van der Waals surface area (Å²) in [5.74, 6) is 2.23. The van der Waals surface area contributed by atoms with Crippen molar-refractivity contribution in [2.24, 2.45) is 22.7 Å². The molecule has 3 saturated carbocycles. The fraction of sp³-hybridized carbons (Fsp3) is 0.825. The molecule has 0 aromatic carbocycles. The van der Waals surface area contributed by atoms with E-state index in [0.717, 1.165) is 57.1 Å². The Balaban J connectivity index is 0.912. The van der Waals surface area contributed by atoms with E-state index in [-0.39, 0.29) is 29.3 Å². The second-order valence-corrected chi connectivity index (χ2v) is 15.8. The van der Waals surface area contributed by atoms with Gasteiger partial charge in [0.25, 0.3) is 0 Å². The van der Waals surface area contributed by atoms with Crippen molar-refractivity contribution in [2.45, 2.75) is 179 Å². The average Bonchev–Trinajstić information content (AvgIpc) is 3.57. The first-order chi connectivity index (χ1) is 21.4. The van der Waals surface area contributed by atoms with E-state index in [1.807, 2.05) is 6.26 Å². The fourth-order valence-corrected chi connectivity index (χ4v) is 10.3. The van der Waals surface area contributed by atoms with Crippen LogP contribution in [0.2, 0.25) is 0 Å². The quantitative estimate of drug-likeness (QED) is 0.118. The van der Waals surface area contributed by atoms with Crippen LogP contribution >= 0.6 is 0 Å². The molecule has 0 radical (unpaired) electrons. The molecule has 4 aliphatic rings. The number of furan rings is 1. The van der Waals surface area contributed by atoms with Gasteiger partial charge in [0.2, 0.25) is 0 Å². The number of ether oxygens (including phenoxy) is 1. The summed E-state index contributed by atoms with van der Waals surface area (Å²) in [7, 11) is 0. The molecule has 1 spiro atoms. The van der Waals surface area contributed by atoms with E-state index in [4.69, 9.17) is 9.15 Å². The molecule has 1 aromatic rings. The minimum atomic E-state index is -0.860. The van der Waals surface area contributed by atoms with Crippen molar-refractivity contribution in [1.82, 2.24) is 0 Å². The Hall–Kier alpha value is -1.55. The summed E-state index contributed by atoms with van der Waals surface area (Å²) in [6.45, 7) is 4.92. The average molecular weight is 609 g/mol. The van der Waals surface area contributed by atoms with Gasteiger partial charge in [0, 0.05) is 12.0 Å². The summed E-state index contributed by atoms with van der Waals surface area (Å²) in [5, 5.41) is 11.9. The first-order valence-corrected chi connectivity index (χ1v) is 19.0. The van der Waals surface area contributed by atoms with E-state index in [9.17, 15) is 9.90 Å². The van der Waals surface area contributed by atoms with Gasteiger partial charge in [-0.3, -0.25) is 4.79 Å². The Labute approximate surface area is 269 Å². The predicted octanol–water partition coefficient (Wildman–Crippen LogP) is 11.3. The second-order valence-electron chi connectivity index (χ2n) is 15.8. The van der Waals surface area contributed by atoms with Gasteiger partial charge in [-0.25, -0.2) is 0 Å². The Morgan fingerprint density at radius 3 is 2.14 bits per heavy atom. The van der Waals surface area contributed by atoms with E-state index < -0.39 is 5.60 Å². The number of hydrogen-bond acceptors (Lipinski definition) is 4. The summed E-state index contributed by atoms with van der Waals surface area (Å²) in [6.07, 6.45) is 36.1. The van der Waals surface area contributed by atoms with Gasteiger partial charge in [0.15, 0.2) is 0 Å². The van der Waals surface area contributed by atoms with Crippen molar-refractivity contribution in [3.05, 3.63) is 29.7 Å². The number of rotatable bonds is 20. The molecule has 6 atom stereocenters. The standard InChI is InChI=1S/C40H64O4/c1-3-4-5-6-7-8-9-10-11-12-13-14-15-16-17-18-19-20-37(41)44-31-40(42)30-39-27-23-34-33-25-28-43-35(33)24-26-38(34,2)36(39)22-21-32(40)29-39/h24-26,28,32,34,36,42H,3-23,27,29-31H2,1-2H3. The highest BCUT2D eigenvalue weighted by Gasteiger charge is 2.65. The second kappa shape index (κ2) is 15.8. The first kappa shape index (κ1) is 33.8. The van der Waals surface area contributed by atoms with Gasteiger partial charge in [-0.2, -0.15) is 0 Å². The van der Waals surface area contributed by atoms with Crippen LogP contribution in [0.15, 0.2) is 22.8 Å². The van der Waals surface area contributed by atoms with Crippen molar-refractivity contribution in [1.29, 1.82) is 0 Å². The highest BCUT2D eigenvalue weighted by molar-refractivity contribution is 5.69. The van der Waals surface area contributed by atoms with Gasteiger partial charge < -0.3 is 14.3 Å². The van der Waals surface area contributed by atoms with Crippen molar-refractivity contribution >= 4 is 12.0 Å². The van der Waals surface area contributed by atoms with Crippen LogP contribution in [0.3, 0.4) is 0 Å². The Kier molecular flexibility index (Phi) is 12.2. The molecule has 2 bridgehead atoms. The van der Waals surface area contributed by atoms with Crippen molar-refractivity contribution < 1.29 is 19.1 Å². The van der Waals surface area contributed by atoms with Gasteiger partial charge in [-0.1, -0.05) is 123 Å². The Morgan fingerprint density at radius 2 is 1.50 bits per heavy atom. The largest absolute Gasteiger partial charge is 0.465 e. The number of aliphatic hydroxyl groups is 1. The minimum Gasteiger partial charge on any atom is -0.465 e. The zero-order valence-electron chi connectivity index (χ0n) is 28.4. The van der Waals surface area contributed by atoms with Gasteiger partial charge in [-0.05, 0) is 85.7 Å². The lowest BCUT2D eigenvalue weighted by Gasteiger charge is -2.58. The lowest BCUT2D eigenvalue weighted by Crippen LogP contribution is -2.49. The van der Waals surface area contributed by atoms with Gasteiger partial charge >= 0.3 is 5.97 Å². The highest BCUT2D eigenvalue weighted by Crippen LogP contribution is 2.71. The van der Waals surface area contributed by atoms with Crippen LogP contribution in [0.5, 0.6) is 0 Å². The van der Waals surface area contributed by atoms with Crippen LogP contribution in [-0.2, 0) is 9.53 Å². The normalized spacial score (nSPS) is 31.8. The van der Waals surface area contributed by atoms with E-state index in [0.29, 0.717) is 18.3 Å². The maximum Gasteiger partial charge on any atom is 0.305 e. The number of carbonyl (C=O) groups is 1. The molecule has 4 nitrogen and oxygen atoms in total. The molecule has 0 aliphatic heterocycles. The topological polar surface area (TPSA) is 59.7 Å². The number of allylic oxidation sites excluding steroid dienone is 1. The number of esters is 1. The lowest BCUT2D eigenvalue weighted by molar-refractivity contribution is -0.154. The van der Waals surface area contributed by atoms with Crippen LogP contribution in [-0.4, -0.2) is 23.3 Å². The predicted molar refractivity (Wildman–Crippen MR) is 180 cm³/mol. The summed E-state index contributed by atoms with van der Waals surface area (Å²) in [5.41, 5.74) is 0.781. The molecule has 3 fully saturated rings. The third-order valence-electron chi connectivity index (χ3n) is 12.7. The summed E-state index contributed by atoms with van der Waals surface area (Å²) < 4.78 is 11.5. The van der Waals surface area contributed by atoms with Crippen LogP contribution in [0.25, 0.3) is 6.08 Å². The molecule has 5 rings (SSSR count). The monoisotopic (exact) mass is 608 g/mol. The molecule has 6 unspecified atom stereocenters. The Bertz CT molecular complexity index is 1060. The number of fused-ring (bicyclic) bond motifs is 5. The number of carbonyl (C=O) groups excluding carboxylic acids is 1. The SMILES string of the molecule is CCCCCCCCCCCCCCCCCCCC(=O)OCC1(O)CC23CCC4c5ccoc5C=CC4(C)C2CCC1C3. The molecule has 1 heterocycles. The highest BCUT2D eigenvalue weighted by atomic mass is 16.5. The molecule has 248 valence electrons. The molecule has 1 N–H and O–H groups in total. The van der Waals surface area contributed by atoms with Gasteiger partial charge in [-0.15, -0.1) is 0 Å². The van der Waals surface area contributed by atoms with E-state index in [2.05, 4.69) is 32.1 Å².